The fraction of sp³-hybridized carbons (Fsp3) is 0.556. The molecule has 32 heavy (non-hydrogen) atoms. The van der Waals surface area contributed by atoms with Crippen molar-refractivity contribution in [2.75, 3.05) is 13.7 Å². The number of carbonyl (C=O) groups excluding carboxylic acids is 1. The van der Waals surface area contributed by atoms with E-state index in [0.717, 1.165) is 29.8 Å². The molecule has 5 heteroatoms. The van der Waals surface area contributed by atoms with Crippen LogP contribution in [-0.2, 0) is 24.3 Å². The molecule has 0 atom stereocenters. The van der Waals surface area contributed by atoms with Gasteiger partial charge in [-0.05, 0) is 37.1 Å². The lowest BCUT2D eigenvalue weighted by atomic mass is 10.1. The molecule has 0 aliphatic heterocycles. The van der Waals surface area contributed by atoms with Gasteiger partial charge in [0, 0.05) is 18.2 Å². The Labute approximate surface area is 194 Å². The van der Waals surface area contributed by atoms with Crippen molar-refractivity contribution in [3.05, 3.63) is 53.9 Å². The third-order valence-corrected chi connectivity index (χ3v) is 5.62. The minimum atomic E-state index is -0.00782. The molecule has 1 heterocycles. The Morgan fingerprint density at radius 2 is 1.69 bits per heavy atom. The Morgan fingerprint density at radius 1 is 0.938 bits per heavy atom. The number of pyridine rings is 1. The molecule has 1 aromatic carbocycles. The van der Waals surface area contributed by atoms with Gasteiger partial charge in [0.15, 0.2) is 23.9 Å². The number of nitrogens with zero attached hydrogens (tertiary/aromatic N) is 1. The molecule has 0 spiro atoms. The summed E-state index contributed by atoms with van der Waals surface area (Å²) in [6.07, 6.45) is 14.6. The number of aryl methyl sites for hydroxylation is 1. The van der Waals surface area contributed by atoms with Crippen LogP contribution in [0.1, 0.15) is 76.3 Å². The predicted molar refractivity (Wildman–Crippen MR) is 129 cm³/mol. The van der Waals surface area contributed by atoms with Crippen molar-refractivity contribution in [1.29, 1.82) is 0 Å². The summed E-state index contributed by atoms with van der Waals surface area (Å²) in [5, 5.41) is 3.00. The van der Waals surface area contributed by atoms with Gasteiger partial charge < -0.3 is 14.8 Å². The van der Waals surface area contributed by atoms with Crippen LogP contribution in [0.5, 0.6) is 11.5 Å². The molecule has 1 N–H and O–H groups in total. The summed E-state index contributed by atoms with van der Waals surface area (Å²) >= 11 is 0. The van der Waals surface area contributed by atoms with Crippen molar-refractivity contribution >= 4 is 5.91 Å². The summed E-state index contributed by atoms with van der Waals surface area (Å²) < 4.78 is 13.5. The van der Waals surface area contributed by atoms with Crippen LogP contribution in [-0.4, -0.2) is 19.6 Å². The van der Waals surface area contributed by atoms with Crippen molar-refractivity contribution in [2.24, 2.45) is 0 Å². The van der Waals surface area contributed by atoms with E-state index in [-0.39, 0.29) is 5.91 Å². The number of carbonyl (C=O) groups is 1. The molecule has 0 fully saturated rings. The molecule has 0 aliphatic rings. The molecular weight excluding hydrogens is 400 g/mol. The number of hydrogen-bond acceptors (Lipinski definition) is 3. The topological polar surface area (TPSA) is 51.4 Å². The third kappa shape index (κ3) is 9.71. The van der Waals surface area contributed by atoms with Gasteiger partial charge in [0.25, 0.3) is 0 Å². The van der Waals surface area contributed by atoms with Crippen LogP contribution in [0.15, 0.2) is 42.7 Å². The lowest BCUT2D eigenvalue weighted by Crippen LogP contribution is -2.33. The van der Waals surface area contributed by atoms with E-state index in [4.69, 9.17) is 9.47 Å². The lowest BCUT2D eigenvalue weighted by Gasteiger charge is -2.12. The first-order valence-corrected chi connectivity index (χ1v) is 12.2. The van der Waals surface area contributed by atoms with Crippen molar-refractivity contribution < 1.29 is 18.8 Å². The summed E-state index contributed by atoms with van der Waals surface area (Å²) in [4.78, 5) is 12.4. The van der Waals surface area contributed by atoms with Gasteiger partial charge in [-0.25, -0.2) is 4.57 Å². The van der Waals surface area contributed by atoms with E-state index in [2.05, 4.69) is 29.9 Å². The van der Waals surface area contributed by atoms with Crippen LogP contribution >= 0.6 is 0 Å². The predicted octanol–water partition coefficient (Wildman–Crippen LogP) is 5.38. The number of nitrogens with one attached hydrogen (secondary N) is 1. The zero-order chi connectivity index (χ0) is 23.0. The van der Waals surface area contributed by atoms with Crippen LogP contribution in [0.4, 0.5) is 0 Å². The van der Waals surface area contributed by atoms with E-state index < -0.39 is 0 Å². The first-order chi connectivity index (χ1) is 15.7. The molecule has 0 unspecified atom stereocenters. The minimum Gasteiger partial charge on any atom is -0.493 e. The van der Waals surface area contributed by atoms with Crippen LogP contribution < -0.4 is 19.4 Å². The standard InChI is InChI=1S/C27H40N2O3/c1-4-6-7-8-9-10-11-12-18-32-25-16-15-23(19-26(25)31-3)20-27(30)28-21-24-14-13-17-29(5-2)22-24/h13-17,19,22H,4-12,18,20-21H2,1-3H3/p+1. The van der Waals surface area contributed by atoms with Gasteiger partial charge in [-0.2, -0.15) is 0 Å². The Morgan fingerprint density at radius 3 is 2.41 bits per heavy atom. The van der Waals surface area contributed by atoms with Crippen molar-refractivity contribution in [3.63, 3.8) is 0 Å². The van der Waals surface area contributed by atoms with Crippen LogP contribution in [0, 0.1) is 0 Å². The number of hydrogen-bond donors (Lipinski definition) is 1. The maximum Gasteiger partial charge on any atom is 0.224 e. The van der Waals surface area contributed by atoms with E-state index in [1.165, 1.54) is 44.9 Å². The van der Waals surface area contributed by atoms with Crippen LogP contribution in [0.3, 0.4) is 0 Å². The molecule has 5 nitrogen and oxygen atoms in total. The Hall–Kier alpha value is -2.56. The zero-order valence-corrected chi connectivity index (χ0v) is 20.2. The first kappa shape index (κ1) is 25.7. The number of aromatic nitrogens is 1. The van der Waals surface area contributed by atoms with Gasteiger partial charge in [0.2, 0.25) is 5.91 Å². The SMILES string of the molecule is CCCCCCCCCCOc1ccc(CC(=O)NCc2ccc[n+](CC)c2)cc1OC. The molecule has 2 rings (SSSR count). The smallest absolute Gasteiger partial charge is 0.224 e. The molecule has 0 saturated heterocycles. The highest BCUT2D eigenvalue weighted by Crippen LogP contribution is 2.28. The normalized spacial score (nSPS) is 10.7. The lowest BCUT2D eigenvalue weighted by molar-refractivity contribution is -0.694. The molecule has 1 amide bonds. The van der Waals surface area contributed by atoms with Gasteiger partial charge in [-0.15, -0.1) is 0 Å². The summed E-state index contributed by atoms with van der Waals surface area (Å²) in [5.74, 6) is 1.42. The number of rotatable bonds is 16. The van der Waals surface area contributed by atoms with Crippen molar-refractivity contribution in [2.45, 2.75) is 84.7 Å². The van der Waals surface area contributed by atoms with Crippen LogP contribution in [0.25, 0.3) is 0 Å². The maximum atomic E-state index is 12.4. The number of methoxy groups -OCH3 is 1. The van der Waals surface area contributed by atoms with E-state index in [1.807, 2.05) is 36.5 Å². The number of unbranched alkanes of at least 4 members (excludes halogenated alkanes) is 7. The fourth-order valence-corrected chi connectivity index (χ4v) is 3.69. The van der Waals surface area contributed by atoms with E-state index in [0.29, 0.717) is 25.3 Å². The summed E-state index contributed by atoms with van der Waals surface area (Å²) in [6.45, 7) is 6.48. The van der Waals surface area contributed by atoms with E-state index in [9.17, 15) is 4.79 Å². The third-order valence-electron chi connectivity index (χ3n) is 5.62. The number of amides is 1. The van der Waals surface area contributed by atoms with Crippen molar-refractivity contribution in [3.8, 4) is 11.5 Å². The molecule has 0 radical (unpaired) electrons. The number of ether oxygens (including phenoxy) is 2. The fourth-order valence-electron chi connectivity index (χ4n) is 3.69. The number of benzene rings is 1. The average molecular weight is 442 g/mol. The van der Waals surface area contributed by atoms with Crippen molar-refractivity contribution in [1.82, 2.24) is 5.32 Å². The summed E-state index contributed by atoms with van der Waals surface area (Å²) in [5.41, 5.74) is 2.00. The van der Waals surface area contributed by atoms with Gasteiger partial charge in [0.1, 0.15) is 6.54 Å². The summed E-state index contributed by atoms with van der Waals surface area (Å²) in [6, 6.07) is 9.78. The molecule has 0 bridgehead atoms. The molecule has 1 aromatic heterocycles. The van der Waals surface area contributed by atoms with E-state index >= 15 is 0 Å². The highest BCUT2D eigenvalue weighted by molar-refractivity contribution is 5.78. The molecular formula is C27H41N2O3+. The Bertz CT molecular complexity index is 807. The second kappa shape index (κ2) is 15.3. The second-order valence-electron chi connectivity index (χ2n) is 8.30. The van der Waals surface area contributed by atoms with Gasteiger partial charge in [0.05, 0.1) is 20.1 Å². The molecule has 2 aromatic rings. The minimum absolute atomic E-state index is 0.00782. The molecule has 0 saturated carbocycles. The van der Waals surface area contributed by atoms with Gasteiger partial charge in [-0.1, -0.05) is 57.9 Å². The second-order valence-corrected chi connectivity index (χ2v) is 8.30. The van der Waals surface area contributed by atoms with E-state index in [1.54, 1.807) is 7.11 Å². The average Bonchev–Trinajstić information content (AvgIpc) is 2.82. The zero-order valence-electron chi connectivity index (χ0n) is 20.2. The first-order valence-electron chi connectivity index (χ1n) is 12.2. The Balaban J connectivity index is 1.73. The molecule has 0 aliphatic carbocycles. The highest BCUT2D eigenvalue weighted by Gasteiger charge is 2.10. The quantitative estimate of drug-likeness (QED) is 0.281. The highest BCUT2D eigenvalue weighted by atomic mass is 16.5. The molecule has 176 valence electrons. The monoisotopic (exact) mass is 441 g/mol. The summed E-state index contributed by atoms with van der Waals surface area (Å²) in [7, 11) is 1.64. The van der Waals surface area contributed by atoms with Gasteiger partial charge >= 0.3 is 0 Å². The largest absolute Gasteiger partial charge is 0.493 e. The Kier molecular flexibility index (Phi) is 12.3. The van der Waals surface area contributed by atoms with Gasteiger partial charge in [-0.3, -0.25) is 4.79 Å². The van der Waals surface area contributed by atoms with Crippen LogP contribution in [0.2, 0.25) is 0 Å². The maximum absolute atomic E-state index is 12.4.